The highest BCUT2D eigenvalue weighted by Crippen LogP contribution is 2.24. The SMILES string of the molecule is CCCCCCCCCCC(C)SC(=O)CCC(=O)SC(C)CCCCCCCCCC. The maximum atomic E-state index is 12.2. The molecule has 0 aliphatic carbocycles. The fraction of sp³-hybridized carbons (Fsp3) is 0.929. The van der Waals surface area contributed by atoms with Gasteiger partial charge in [0.25, 0.3) is 0 Å². The fourth-order valence-electron chi connectivity index (χ4n) is 4.02. The summed E-state index contributed by atoms with van der Waals surface area (Å²) in [7, 11) is 0. The van der Waals surface area contributed by atoms with Crippen LogP contribution in [0.2, 0.25) is 0 Å². The smallest absolute Gasteiger partial charge is 0.189 e. The summed E-state index contributed by atoms with van der Waals surface area (Å²) < 4.78 is 0. The van der Waals surface area contributed by atoms with Gasteiger partial charge in [0, 0.05) is 23.3 Å². The lowest BCUT2D eigenvalue weighted by Crippen LogP contribution is -2.07. The molecular formula is C28H54O2S2. The first kappa shape index (κ1) is 32.0. The van der Waals surface area contributed by atoms with E-state index in [4.69, 9.17) is 0 Å². The molecule has 0 fully saturated rings. The lowest BCUT2D eigenvalue weighted by atomic mass is 10.1. The maximum Gasteiger partial charge on any atom is 0.189 e. The normalized spacial score (nSPS) is 13.2. The van der Waals surface area contributed by atoms with Crippen LogP contribution < -0.4 is 0 Å². The quantitative estimate of drug-likeness (QED) is 0.134. The monoisotopic (exact) mass is 486 g/mol. The van der Waals surface area contributed by atoms with E-state index in [0.717, 1.165) is 12.8 Å². The van der Waals surface area contributed by atoms with Gasteiger partial charge in [0.05, 0.1) is 0 Å². The number of carbonyl (C=O) groups is 2. The second-order valence-electron chi connectivity index (χ2n) is 9.63. The third kappa shape index (κ3) is 23.2. The predicted molar refractivity (Wildman–Crippen MR) is 148 cm³/mol. The number of hydrogen-bond acceptors (Lipinski definition) is 4. The van der Waals surface area contributed by atoms with Gasteiger partial charge < -0.3 is 0 Å². The Labute approximate surface area is 209 Å². The van der Waals surface area contributed by atoms with Gasteiger partial charge >= 0.3 is 0 Å². The summed E-state index contributed by atoms with van der Waals surface area (Å²) >= 11 is 2.92. The molecule has 0 rings (SSSR count). The van der Waals surface area contributed by atoms with Gasteiger partial charge in [-0.05, 0) is 12.8 Å². The van der Waals surface area contributed by atoms with Crippen molar-refractivity contribution in [2.45, 2.75) is 167 Å². The molecule has 0 aliphatic heterocycles. The molecule has 0 saturated carbocycles. The van der Waals surface area contributed by atoms with Crippen LogP contribution in [-0.2, 0) is 9.59 Å². The van der Waals surface area contributed by atoms with Crippen LogP contribution in [0.25, 0.3) is 0 Å². The molecule has 4 heteroatoms. The lowest BCUT2D eigenvalue weighted by molar-refractivity contribution is -0.115. The van der Waals surface area contributed by atoms with Gasteiger partial charge in [0.1, 0.15) is 0 Å². The molecule has 0 aliphatic rings. The van der Waals surface area contributed by atoms with Crippen molar-refractivity contribution in [3.8, 4) is 0 Å². The molecule has 0 spiro atoms. The Kier molecular flexibility index (Phi) is 24.2. The van der Waals surface area contributed by atoms with Crippen LogP contribution in [0.15, 0.2) is 0 Å². The second kappa shape index (κ2) is 24.2. The van der Waals surface area contributed by atoms with Crippen molar-refractivity contribution in [3.05, 3.63) is 0 Å². The van der Waals surface area contributed by atoms with Crippen LogP contribution in [-0.4, -0.2) is 20.7 Å². The largest absolute Gasteiger partial charge is 0.287 e. The molecule has 0 heterocycles. The molecule has 0 N–H and O–H groups in total. The molecule has 0 aromatic carbocycles. The van der Waals surface area contributed by atoms with Crippen molar-refractivity contribution < 1.29 is 9.59 Å². The van der Waals surface area contributed by atoms with E-state index in [2.05, 4.69) is 27.7 Å². The van der Waals surface area contributed by atoms with Crippen LogP contribution in [0.4, 0.5) is 0 Å². The first-order valence-electron chi connectivity index (χ1n) is 13.9. The van der Waals surface area contributed by atoms with E-state index in [1.165, 1.54) is 126 Å². The first-order chi connectivity index (χ1) is 15.5. The van der Waals surface area contributed by atoms with Crippen molar-refractivity contribution in [1.82, 2.24) is 0 Å². The predicted octanol–water partition coefficient (Wildman–Crippen LogP) is 10.1. The molecular weight excluding hydrogens is 432 g/mol. The minimum atomic E-state index is 0.196. The van der Waals surface area contributed by atoms with Gasteiger partial charge in [-0.15, -0.1) is 0 Å². The Morgan fingerprint density at radius 1 is 0.500 bits per heavy atom. The maximum absolute atomic E-state index is 12.2. The van der Waals surface area contributed by atoms with E-state index in [1.54, 1.807) is 0 Å². The number of carbonyl (C=O) groups excluding carboxylic acids is 2. The zero-order valence-corrected chi connectivity index (χ0v) is 23.6. The van der Waals surface area contributed by atoms with Crippen LogP contribution in [0, 0.1) is 0 Å². The summed E-state index contributed by atoms with van der Waals surface area (Å²) in [6, 6.07) is 0. The van der Waals surface area contributed by atoms with Gasteiger partial charge in [-0.3, -0.25) is 9.59 Å². The minimum absolute atomic E-state index is 0.196. The summed E-state index contributed by atoms with van der Waals surface area (Å²) in [4.78, 5) is 24.4. The Morgan fingerprint density at radius 3 is 1.09 bits per heavy atom. The molecule has 32 heavy (non-hydrogen) atoms. The Balaban J connectivity index is 3.61. The molecule has 0 aromatic heterocycles. The molecule has 0 amide bonds. The highest BCUT2D eigenvalue weighted by molar-refractivity contribution is 8.14. The minimum Gasteiger partial charge on any atom is -0.287 e. The highest BCUT2D eigenvalue weighted by atomic mass is 32.2. The fourth-order valence-corrected chi connectivity index (χ4v) is 5.93. The van der Waals surface area contributed by atoms with Crippen molar-refractivity contribution in [2.24, 2.45) is 0 Å². The molecule has 190 valence electrons. The lowest BCUT2D eigenvalue weighted by Gasteiger charge is -2.11. The zero-order valence-electron chi connectivity index (χ0n) is 21.9. The van der Waals surface area contributed by atoms with E-state index >= 15 is 0 Å². The molecule has 2 atom stereocenters. The average molecular weight is 487 g/mol. The topological polar surface area (TPSA) is 34.1 Å². The van der Waals surface area contributed by atoms with Crippen molar-refractivity contribution in [2.75, 3.05) is 0 Å². The summed E-state index contributed by atoms with van der Waals surface area (Å²) in [5, 5.41) is 1.15. The first-order valence-corrected chi connectivity index (χ1v) is 15.6. The zero-order chi connectivity index (χ0) is 23.9. The third-order valence-corrected chi connectivity index (χ3v) is 8.34. The van der Waals surface area contributed by atoms with Gasteiger partial charge in [-0.25, -0.2) is 0 Å². The third-order valence-electron chi connectivity index (χ3n) is 6.13. The van der Waals surface area contributed by atoms with E-state index < -0.39 is 0 Å². The van der Waals surface area contributed by atoms with Crippen molar-refractivity contribution in [1.29, 1.82) is 0 Å². The number of unbranched alkanes of at least 4 members (excludes halogenated alkanes) is 14. The van der Waals surface area contributed by atoms with Gasteiger partial charge in [-0.2, -0.15) is 0 Å². The van der Waals surface area contributed by atoms with Gasteiger partial charge in [0.2, 0.25) is 0 Å². The Bertz CT molecular complexity index is 399. The summed E-state index contributed by atoms with van der Waals surface area (Å²) in [6.07, 6.45) is 24.3. The molecule has 0 aromatic rings. The summed E-state index contributed by atoms with van der Waals surface area (Å²) in [6.45, 7) is 8.83. The number of hydrogen-bond donors (Lipinski definition) is 0. The van der Waals surface area contributed by atoms with Gasteiger partial charge in [-0.1, -0.05) is 154 Å². The van der Waals surface area contributed by atoms with E-state index in [9.17, 15) is 9.59 Å². The van der Waals surface area contributed by atoms with E-state index in [0.29, 0.717) is 23.3 Å². The molecule has 2 unspecified atom stereocenters. The standard InChI is InChI=1S/C28H54O2S2/c1-5-7-9-11-13-15-17-19-21-25(3)31-27(29)23-24-28(30)32-26(4)22-20-18-16-14-12-10-8-6-2/h25-26H,5-24H2,1-4H3. The Morgan fingerprint density at radius 2 is 0.781 bits per heavy atom. The van der Waals surface area contributed by atoms with Gasteiger partial charge in [0.15, 0.2) is 10.2 Å². The van der Waals surface area contributed by atoms with E-state index in [1.807, 2.05) is 0 Å². The van der Waals surface area contributed by atoms with E-state index in [-0.39, 0.29) is 10.2 Å². The molecule has 0 bridgehead atoms. The van der Waals surface area contributed by atoms with Crippen LogP contribution in [0.3, 0.4) is 0 Å². The Hall–Kier alpha value is 0.0400. The van der Waals surface area contributed by atoms with Crippen molar-refractivity contribution in [3.63, 3.8) is 0 Å². The average Bonchev–Trinajstić information content (AvgIpc) is 2.76. The molecule has 0 radical (unpaired) electrons. The molecule has 2 nitrogen and oxygen atoms in total. The summed E-state index contributed by atoms with van der Waals surface area (Å²) in [5.74, 6) is 0. The van der Waals surface area contributed by atoms with Crippen LogP contribution >= 0.6 is 23.5 Å². The highest BCUT2D eigenvalue weighted by Gasteiger charge is 2.14. The second-order valence-corrected chi connectivity index (χ2v) is 12.6. The molecule has 0 saturated heterocycles. The summed E-state index contributed by atoms with van der Waals surface area (Å²) in [5.41, 5.74) is 0. The number of rotatable bonds is 23. The number of thioether (sulfide) groups is 2. The van der Waals surface area contributed by atoms with Crippen LogP contribution in [0.5, 0.6) is 0 Å². The van der Waals surface area contributed by atoms with Crippen LogP contribution in [0.1, 0.15) is 156 Å². The van der Waals surface area contributed by atoms with Crippen molar-refractivity contribution >= 4 is 33.8 Å².